The van der Waals surface area contributed by atoms with E-state index >= 15 is 0 Å². The molecule has 1 aliphatic heterocycles. The molecule has 0 aliphatic carbocycles. The molecule has 0 spiro atoms. The lowest BCUT2D eigenvalue weighted by Crippen LogP contribution is -2.36. The molecule has 0 atom stereocenters. The van der Waals surface area contributed by atoms with Crippen LogP contribution in [0.1, 0.15) is 41.2 Å². The molecule has 0 saturated heterocycles. The summed E-state index contributed by atoms with van der Waals surface area (Å²) in [6.45, 7) is 5.20. The summed E-state index contributed by atoms with van der Waals surface area (Å²) in [5.74, 6) is 0.0844. The zero-order valence-corrected chi connectivity index (χ0v) is 15.9. The molecule has 3 rings (SSSR count). The number of nitrogens with zero attached hydrogens (tertiary/aromatic N) is 3. The van der Waals surface area contributed by atoms with Crippen LogP contribution in [0.25, 0.3) is 0 Å². The minimum atomic E-state index is -0.511. The molecule has 1 N–H and O–H groups in total. The van der Waals surface area contributed by atoms with E-state index < -0.39 is 4.92 Å². The van der Waals surface area contributed by atoms with Crippen molar-refractivity contribution in [2.75, 3.05) is 11.9 Å². The molecule has 1 aromatic carbocycles. The predicted octanol–water partition coefficient (Wildman–Crippen LogP) is 3.23. The Balaban J connectivity index is 1.66. The van der Waals surface area contributed by atoms with E-state index in [4.69, 9.17) is 0 Å². The third-order valence-corrected chi connectivity index (χ3v) is 5.23. The first-order valence-corrected chi connectivity index (χ1v) is 9.47. The topological polar surface area (TPSA) is 105 Å². The molecule has 1 aliphatic rings. The summed E-state index contributed by atoms with van der Waals surface area (Å²) >= 11 is 1.36. The number of anilines is 1. The van der Waals surface area contributed by atoms with Crippen LogP contribution in [0.4, 0.5) is 10.8 Å². The van der Waals surface area contributed by atoms with E-state index in [1.165, 1.54) is 35.6 Å². The monoisotopic (exact) mass is 388 g/mol. The third-order valence-electron chi connectivity index (χ3n) is 4.23. The van der Waals surface area contributed by atoms with Gasteiger partial charge >= 0.3 is 0 Å². The highest BCUT2D eigenvalue weighted by Crippen LogP contribution is 2.29. The van der Waals surface area contributed by atoms with Gasteiger partial charge in [0.25, 0.3) is 11.6 Å². The van der Waals surface area contributed by atoms with Crippen molar-refractivity contribution in [2.45, 2.75) is 33.2 Å². The number of amides is 2. The largest absolute Gasteiger partial charge is 0.337 e. The van der Waals surface area contributed by atoms with Gasteiger partial charge < -0.3 is 4.90 Å². The Morgan fingerprint density at radius 3 is 2.67 bits per heavy atom. The molecule has 1 aromatic heterocycles. The average molecular weight is 388 g/mol. The van der Waals surface area contributed by atoms with E-state index in [1.807, 2.05) is 18.7 Å². The number of fused-ring (bicyclic) bond motifs is 1. The number of thiazole rings is 1. The van der Waals surface area contributed by atoms with Crippen molar-refractivity contribution in [2.24, 2.45) is 5.92 Å². The first-order valence-electron chi connectivity index (χ1n) is 8.65. The molecule has 0 saturated carbocycles. The lowest BCUT2D eigenvalue weighted by atomic mass is 10.1. The van der Waals surface area contributed by atoms with Gasteiger partial charge in [0, 0.05) is 42.0 Å². The first-order chi connectivity index (χ1) is 12.8. The van der Waals surface area contributed by atoms with Crippen LogP contribution in [0.2, 0.25) is 0 Å². The predicted molar refractivity (Wildman–Crippen MR) is 102 cm³/mol. The van der Waals surface area contributed by atoms with Crippen LogP contribution in [0.15, 0.2) is 24.3 Å². The second kappa shape index (κ2) is 7.83. The molecule has 8 nitrogen and oxygen atoms in total. The van der Waals surface area contributed by atoms with Crippen molar-refractivity contribution in [1.29, 1.82) is 0 Å². The third kappa shape index (κ3) is 4.48. The van der Waals surface area contributed by atoms with Gasteiger partial charge in [0.1, 0.15) is 0 Å². The molecule has 2 heterocycles. The highest BCUT2D eigenvalue weighted by Gasteiger charge is 2.25. The molecule has 142 valence electrons. The number of benzene rings is 1. The zero-order chi connectivity index (χ0) is 19.6. The number of carbonyl (C=O) groups excluding carboxylic acids is 2. The number of hydrogen-bond acceptors (Lipinski definition) is 6. The summed E-state index contributed by atoms with van der Waals surface area (Å²) in [5.41, 5.74) is 1.16. The summed E-state index contributed by atoms with van der Waals surface area (Å²) in [6.07, 6.45) is 1.20. The number of aromatic nitrogens is 1. The van der Waals surface area contributed by atoms with E-state index in [-0.39, 0.29) is 17.5 Å². The van der Waals surface area contributed by atoms with Gasteiger partial charge in [-0.25, -0.2) is 4.98 Å². The molecule has 2 amide bonds. The lowest BCUT2D eigenvalue weighted by molar-refractivity contribution is -0.384. The van der Waals surface area contributed by atoms with Crippen LogP contribution >= 0.6 is 11.3 Å². The van der Waals surface area contributed by atoms with Crippen molar-refractivity contribution in [1.82, 2.24) is 9.88 Å². The standard InChI is InChI=1S/C18H20N4O4S/c1-11(2)9-16(23)21-8-7-14-15(10-21)27-18(19-14)20-17(24)12-3-5-13(6-4-12)22(25)26/h3-6,11H,7-10H2,1-2H3,(H,19,20,24). The Morgan fingerprint density at radius 2 is 2.04 bits per heavy atom. The lowest BCUT2D eigenvalue weighted by Gasteiger charge is -2.26. The SMILES string of the molecule is CC(C)CC(=O)N1CCc2nc(NC(=O)c3ccc([N+](=O)[O-])cc3)sc2C1. The normalized spacial score (nSPS) is 13.4. The number of non-ortho nitro benzene ring substituents is 1. The number of rotatable bonds is 5. The number of nitrogens with one attached hydrogen (secondary N) is 1. The van der Waals surface area contributed by atoms with E-state index in [2.05, 4.69) is 10.3 Å². The molecule has 0 unspecified atom stereocenters. The van der Waals surface area contributed by atoms with Crippen molar-refractivity contribution >= 4 is 34.0 Å². The Hall–Kier alpha value is -2.81. The summed E-state index contributed by atoms with van der Waals surface area (Å²) in [6, 6.07) is 5.40. The second-order valence-corrected chi connectivity index (χ2v) is 7.89. The molecular weight excluding hydrogens is 368 g/mol. The molecule has 9 heteroatoms. The number of nitro benzene ring substituents is 1. The van der Waals surface area contributed by atoms with Crippen LogP contribution in [0.5, 0.6) is 0 Å². The number of nitro groups is 1. The van der Waals surface area contributed by atoms with Crippen molar-refractivity contribution in [3.8, 4) is 0 Å². The van der Waals surface area contributed by atoms with E-state index in [1.54, 1.807) is 0 Å². The fraction of sp³-hybridized carbons (Fsp3) is 0.389. The minimum Gasteiger partial charge on any atom is -0.337 e. The fourth-order valence-electron chi connectivity index (χ4n) is 2.84. The quantitative estimate of drug-likeness (QED) is 0.625. The molecule has 0 radical (unpaired) electrons. The van der Waals surface area contributed by atoms with Crippen LogP contribution in [-0.2, 0) is 17.8 Å². The van der Waals surface area contributed by atoms with E-state index in [0.29, 0.717) is 42.5 Å². The van der Waals surface area contributed by atoms with Gasteiger partial charge in [-0.3, -0.25) is 25.0 Å². The fourth-order valence-corrected chi connectivity index (χ4v) is 3.86. The first kappa shape index (κ1) is 19.0. The van der Waals surface area contributed by atoms with Crippen LogP contribution in [0.3, 0.4) is 0 Å². The van der Waals surface area contributed by atoms with Crippen LogP contribution in [0, 0.1) is 16.0 Å². The van der Waals surface area contributed by atoms with E-state index in [9.17, 15) is 19.7 Å². The maximum Gasteiger partial charge on any atom is 0.269 e. The highest BCUT2D eigenvalue weighted by molar-refractivity contribution is 7.15. The number of carbonyl (C=O) groups is 2. The highest BCUT2D eigenvalue weighted by atomic mass is 32.1. The van der Waals surface area contributed by atoms with Gasteiger partial charge in [-0.15, -0.1) is 0 Å². The zero-order valence-electron chi connectivity index (χ0n) is 15.1. The second-order valence-electron chi connectivity index (χ2n) is 6.81. The van der Waals surface area contributed by atoms with Gasteiger partial charge in [-0.05, 0) is 18.1 Å². The Bertz CT molecular complexity index is 876. The van der Waals surface area contributed by atoms with Gasteiger partial charge in [0.2, 0.25) is 5.91 Å². The average Bonchev–Trinajstić information content (AvgIpc) is 3.02. The van der Waals surface area contributed by atoms with Crippen molar-refractivity contribution in [3.05, 3.63) is 50.5 Å². The van der Waals surface area contributed by atoms with Gasteiger partial charge in [-0.2, -0.15) is 0 Å². The van der Waals surface area contributed by atoms with Crippen molar-refractivity contribution in [3.63, 3.8) is 0 Å². The van der Waals surface area contributed by atoms with Gasteiger partial charge in [0.05, 0.1) is 17.2 Å². The minimum absolute atomic E-state index is 0.0672. The molecule has 0 bridgehead atoms. The van der Waals surface area contributed by atoms with Gasteiger partial charge in [0.15, 0.2) is 5.13 Å². The van der Waals surface area contributed by atoms with Gasteiger partial charge in [-0.1, -0.05) is 25.2 Å². The summed E-state index contributed by atoms with van der Waals surface area (Å²) in [5, 5.41) is 13.9. The Labute approximate surface area is 160 Å². The molecular formula is C18H20N4O4S. The Kier molecular flexibility index (Phi) is 5.50. The van der Waals surface area contributed by atoms with Crippen LogP contribution in [-0.4, -0.2) is 33.2 Å². The molecule has 27 heavy (non-hydrogen) atoms. The summed E-state index contributed by atoms with van der Waals surface area (Å²) in [4.78, 5) is 42.0. The number of hydrogen-bond donors (Lipinski definition) is 1. The summed E-state index contributed by atoms with van der Waals surface area (Å²) < 4.78 is 0. The maximum absolute atomic E-state index is 12.3. The smallest absolute Gasteiger partial charge is 0.269 e. The maximum atomic E-state index is 12.3. The Morgan fingerprint density at radius 1 is 1.33 bits per heavy atom. The van der Waals surface area contributed by atoms with E-state index in [0.717, 1.165) is 10.6 Å². The summed E-state index contributed by atoms with van der Waals surface area (Å²) in [7, 11) is 0. The van der Waals surface area contributed by atoms with Crippen LogP contribution < -0.4 is 5.32 Å². The molecule has 2 aromatic rings. The molecule has 0 fully saturated rings. The van der Waals surface area contributed by atoms with Crippen molar-refractivity contribution < 1.29 is 14.5 Å².